The zero-order valence-corrected chi connectivity index (χ0v) is 16.0. The predicted octanol–water partition coefficient (Wildman–Crippen LogP) is 1.14. The van der Waals surface area contributed by atoms with Crippen molar-refractivity contribution in [3.63, 3.8) is 0 Å². The van der Waals surface area contributed by atoms with E-state index in [9.17, 15) is 8.42 Å². The molecule has 8 nitrogen and oxygen atoms in total. The van der Waals surface area contributed by atoms with E-state index in [4.69, 9.17) is 5.14 Å². The summed E-state index contributed by atoms with van der Waals surface area (Å²) < 4.78 is 22.5. The topological polar surface area (TPSA) is 113 Å². The van der Waals surface area contributed by atoms with Crippen molar-refractivity contribution in [2.75, 3.05) is 44.4 Å². The summed E-state index contributed by atoms with van der Waals surface area (Å²) in [5, 5.41) is 11.6. The van der Waals surface area contributed by atoms with Gasteiger partial charge in [-0.05, 0) is 51.2 Å². The lowest BCUT2D eigenvalue weighted by Gasteiger charge is -2.11. The van der Waals surface area contributed by atoms with Crippen molar-refractivity contribution < 1.29 is 8.42 Å². The Morgan fingerprint density at radius 2 is 1.65 bits per heavy atom. The fraction of sp³-hybridized carbons (Fsp3) is 0.412. The molecule has 9 heteroatoms. The molecular weight excluding hydrogens is 352 g/mol. The summed E-state index contributed by atoms with van der Waals surface area (Å²) >= 11 is 0. The molecule has 0 atom stereocenters. The first kappa shape index (κ1) is 20.1. The molecule has 0 radical (unpaired) electrons. The lowest BCUT2D eigenvalue weighted by molar-refractivity contribution is 0.405. The molecule has 2 rings (SSSR count). The molecule has 0 saturated carbocycles. The fourth-order valence-corrected chi connectivity index (χ4v) is 2.86. The van der Waals surface area contributed by atoms with Crippen LogP contribution in [0.2, 0.25) is 0 Å². The second-order valence-electron chi connectivity index (χ2n) is 6.24. The molecule has 0 aliphatic carbocycles. The zero-order chi connectivity index (χ0) is 19.0. The Hall–Kier alpha value is -2.23. The largest absolute Gasteiger partial charge is 0.370 e. The standard InChI is InChI=1S/C17H26N6O2S/c1-23(2)11-3-9-19-16-12-17(22-13-21-16)20-10-8-14-4-6-15(7-5-14)26(18,24)25/h4-7,12-13H,3,8-11H2,1-2H3,(H2,18,24,25)(H2,19,20,21,22). The van der Waals surface area contributed by atoms with Crippen molar-refractivity contribution in [1.29, 1.82) is 0 Å². The van der Waals surface area contributed by atoms with E-state index in [0.29, 0.717) is 6.54 Å². The quantitative estimate of drug-likeness (QED) is 0.531. The first-order valence-corrected chi connectivity index (χ1v) is 9.95. The number of primary sulfonamides is 1. The van der Waals surface area contributed by atoms with Gasteiger partial charge in [0.05, 0.1) is 4.90 Å². The van der Waals surface area contributed by atoms with Crippen LogP contribution in [-0.4, -0.2) is 57.0 Å². The van der Waals surface area contributed by atoms with Gasteiger partial charge in [-0.3, -0.25) is 0 Å². The Kier molecular flexibility index (Phi) is 7.31. The Bertz CT molecular complexity index is 793. The lowest BCUT2D eigenvalue weighted by atomic mass is 10.1. The minimum Gasteiger partial charge on any atom is -0.370 e. The van der Waals surface area contributed by atoms with Gasteiger partial charge in [0.15, 0.2) is 0 Å². The molecule has 1 aromatic carbocycles. The molecule has 0 unspecified atom stereocenters. The molecule has 0 aliphatic rings. The molecule has 0 fully saturated rings. The molecule has 0 spiro atoms. The smallest absolute Gasteiger partial charge is 0.238 e. The Labute approximate surface area is 154 Å². The summed E-state index contributed by atoms with van der Waals surface area (Å²) in [5.41, 5.74) is 1.01. The minimum atomic E-state index is -3.64. The van der Waals surface area contributed by atoms with Gasteiger partial charge in [-0.2, -0.15) is 0 Å². The first-order chi connectivity index (χ1) is 12.3. The van der Waals surface area contributed by atoms with Crippen LogP contribution >= 0.6 is 0 Å². The number of anilines is 2. The molecule has 1 heterocycles. The van der Waals surface area contributed by atoms with Crippen molar-refractivity contribution in [3.8, 4) is 0 Å². The summed E-state index contributed by atoms with van der Waals surface area (Å²) in [6, 6.07) is 8.44. The summed E-state index contributed by atoms with van der Waals surface area (Å²) in [6.07, 6.45) is 3.30. The second-order valence-corrected chi connectivity index (χ2v) is 7.80. The molecule has 26 heavy (non-hydrogen) atoms. The van der Waals surface area contributed by atoms with E-state index in [0.717, 1.165) is 43.1 Å². The van der Waals surface area contributed by atoms with E-state index in [-0.39, 0.29) is 4.90 Å². The second kappa shape index (κ2) is 9.46. The van der Waals surface area contributed by atoms with Crippen molar-refractivity contribution >= 4 is 21.7 Å². The van der Waals surface area contributed by atoms with Crippen molar-refractivity contribution in [3.05, 3.63) is 42.2 Å². The van der Waals surface area contributed by atoms with Crippen molar-refractivity contribution in [2.45, 2.75) is 17.7 Å². The SMILES string of the molecule is CN(C)CCCNc1cc(NCCc2ccc(S(N)(=O)=O)cc2)ncn1. The number of rotatable bonds is 10. The van der Waals surface area contributed by atoms with Crippen LogP contribution in [0.3, 0.4) is 0 Å². The van der Waals surface area contributed by atoms with E-state index in [1.54, 1.807) is 12.1 Å². The molecule has 0 aliphatic heterocycles. The van der Waals surface area contributed by atoms with Gasteiger partial charge in [-0.25, -0.2) is 23.5 Å². The summed E-state index contributed by atoms with van der Waals surface area (Å²) in [7, 11) is 0.457. The molecule has 4 N–H and O–H groups in total. The number of nitrogens with zero attached hydrogens (tertiary/aromatic N) is 3. The third kappa shape index (κ3) is 6.95. The monoisotopic (exact) mass is 378 g/mol. The van der Waals surface area contributed by atoms with Crippen LogP contribution in [0.4, 0.5) is 11.6 Å². The van der Waals surface area contributed by atoms with Crippen LogP contribution in [0.15, 0.2) is 41.6 Å². The van der Waals surface area contributed by atoms with Gasteiger partial charge in [0.2, 0.25) is 10.0 Å². The van der Waals surface area contributed by atoms with Gasteiger partial charge in [-0.15, -0.1) is 0 Å². The van der Waals surface area contributed by atoms with E-state index in [2.05, 4.69) is 39.6 Å². The highest BCUT2D eigenvalue weighted by atomic mass is 32.2. The van der Waals surface area contributed by atoms with Crippen LogP contribution in [0.1, 0.15) is 12.0 Å². The highest BCUT2D eigenvalue weighted by Crippen LogP contribution is 2.11. The lowest BCUT2D eigenvalue weighted by Crippen LogP contribution is -2.16. The summed E-state index contributed by atoms with van der Waals surface area (Å²) in [5.74, 6) is 1.54. The number of nitrogens with two attached hydrogens (primary N) is 1. The summed E-state index contributed by atoms with van der Waals surface area (Å²) in [4.78, 5) is 10.7. The Balaban J connectivity index is 1.79. The highest BCUT2D eigenvalue weighted by molar-refractivity contribution is 7.89. The Morgan fingerprint density at radius 1 is 1.04 bits per heavy atom. The predicted molar refractivity (Wildman–Crippen MR) is 104 cm³/mol. The third-order valence-corrected chi connectivity index (χ3v) is 4.66. The number of nitrogens with one attached hydrogen (secondary N) is 2. The van der Waals surface area contributed by atoms with Crippen LogP contribution in [-0.2, 0) is 16.4 Å². The van der Waals surface area contributed by atoms with Gasteiger partial charge in [0.25, 0.3) is 0 Å². The minimum absolute atomic E-state index is 0.120. The highest BCUT2D eigenvalue weighted by Gasteiger charge is 2.06. The fourth-order valence-electron chi connectivity index (χ4n) is 2.34. The molecule has 0 amide bonds. The van der Waals surface area contributed by atoms with E-state index in [1.807, 2.05) is 6.07 Å². The van der Waals surface area contributed by atoms with Crippen LogP contribution < -0.4 is 15.8 Å². The molecule has 1 aromatic heterocycles. The van der Waals surface area contributed by atoms with Gasteiger partial charge >= 0.3 is 0 Å². The number of hydrogen-bond donors (Lipinski definition) is 3. The van der Waals surface area contributed by atoms with Gasteiger partial charge in [-0.1, -0.05) is 12.1 Å². The average Bonchev–Trinajstić information content (AvgIpc) is 2.59. The van der Waals surface area contributed by atoms with Crippen molar-refractivity contribution in [2.24, 2.45) is 5.14 Å². The molecule has 0 bridgehead atoms. The van der Waals surface area contributed by atoms with Gasteiger partial charge in [0.1, 0.15) is 18.0 Å². The number of hydrogen-bond acceptors (Lipinski definition) is 7. The molecule has 2 aromatic rings. The molecule has 142 valence electrons. The maximum absolute atomic E-state index is 11.2. The van der Waals surface area contributed by atoms with Crippen LogP contribution in [0.25, 0.3) is 0 Å². The average molecular weight is 379 g/mol. The van der Waals surface area contributed by atoms with Crippen molar-refractivity contribution in [1.82, 2.24) is 14.9 Å². The van der Waals surface area contributed by atoms with Crippen LogP contribution in [0, 0.1) is 0 Å². The summed E-state index contributed by atoms with van der Waals surface area (Å²) in [6.45, 7) is 2.55. The Morgan fingerprint density at radius 3 is 2.23 bits per heavy atom. The normalized spacial score (nSPS) is 11.5. The van der Waals surface area contributed by atoms with Gasteiger partial charge < -0.3 is 15.5 Å². The zero-order valence-electron chi connectivity index (χ0n) is 15.1. The number of benzene rings is 1. The van der Waals surface area contributed by atoms with E-state index in [1.165, 1.54) is 18.5 Å². The maximum atomic E-state index is 11.2. The number of sulfonamides is 1. The molecule has 0 saturated heterocycles. The number of aromatic nitrogens is 2. The van der Waals surface area contributed by atoms with Gasteiger partial charge in [0, 0.05) is 19.2 Å². The van der Waals surface area contributed by atoms with Crippen LogP contribution in [0.5, 0.6) is 0 Å². The molecular formula is C17H26N6O2S. The van der Waals surface area contributed by atoms with E-state index >= 15 is 0 Å². The first-order valence-electron chi connectivity index (χ1n) is 8.41. The third-order valence-electron chi connectivity index (χ3n) is 3.73. The van der Waals surface area contributed by atoms with E-state index < -0.39 is 10.0 Å². The maximum Gasteiger partial charge on any atom is 0.238 e.